The summed E-state index contributed by atoms with van der Waals surface area (Å²) < 4.78 is 12.0. The molecule has 0 aliphatic carbocycles. The van der Waals surface area contributed by atoms with Gasteiger partial charge >= 0.3 is 11.9 Å². The number of aliphatic carboxylic acids is 1. The van der Waals surface area contributed by atoms with Gasteiger partial charge in [-0.2, -0.15) is 0 Å². The number of carboxylic acids is 1. The fraction of sp³-hybridized carbons (Fsp3) is 0.733. The summed E-state index contributed by atoms with van der Waals surface area (Å²) in [4.78, 5) is 23.0. The van der Waals surface area contributed by atoms with Crippen LogP contribution in [0.25, 0.3) is 0 Å². The molecule has 38 heavy (non-hydrogen) atoms. The molecule has 2 rings (SSSR count). The lowest BCUT2D eigenvalue weighted by Crippen LogP contribution is -2.49. The average Bonchev–Trinajstić information content (AvgIpc) is 2.83. The topological polar surface area (TPSA) is 151 Å². The van der Waals surface area contributed by atoms with Crippen molar-refractivity contribution in [3.8, 4) is 11.5 Å². The molecule has 8 nitrogen and oxygen atoms in total. The van der Waals surface area contributed by atoms with E-state index in [0.717, 1.165) is 85.3 Å². The SMILES string of the molecule is Cc1c(C)c2c(c(C)c1OC(=O)CCC(=O)O)CC[C@@](N)(CCC[C@H](N)CCC[C@H](N)CCCC(C)C)O2. The fourth-order valence-electron chi connectivity index (χ4n) is 5.27. The maximum Gasteiger partial charge on any atom is 0.311 e. The second-order valence-electron chi connectivity index (χ2n) is 11.7. The molecular weight excluding hydrogens is 482 g/mol. The van der Waals surface area contributed by atoms with E-state index in [9.17, 15) is 9.59 Å². The molecule has 0 fully saturated rings. The quantitative estimate of drug-likeness (QED) is 0.167. The predicted molar refractivity (Wildman–Crippen MR) is 151 cm³/mol. The molecule has 1 heterocycles. The monoisotopic (exact) mass is 533 g/mol. The summed E-state index contributed by atoms with van der Waals surface area (Å²) in [6, 6.07) is 0.412. The number of carbonyl (C=O) groups excluding carboxylic acids is 1. The first-order valence-electron chi connectivity index (χ1n) is 14.4. The lowest BCUT2D eigenvalue weighted by Gasteiger charge is -2.38. The van der Waals surface area contributed by atoms with Gasteiger partial charge in [0.15, 0.2) is 5.72 Å². The van der Waals surface area contributed by atoms with Crippen LogP contribution in [0.3, 0.4) is 0 Å². The zero-order valence-electron chi connectivity index (χ0n) is 24.2. The second-order valence-corrected chi connectivity index (χ2v) is 11.7. The molecule has 0 saturated carbocycles. The summed E-state index contributed by atoms with van der Waals surface area (Å²) >= 11 is 0. The van der Waals surface area contributed by atoms with E-state index < -0.39 is 17.7 Å². The molecule has 0 spiro atoms. The molecule has 3 atom stereocenters. The Hall–Kier alpha value is -2.16. The average molecular weight is 534 g/mol. The van der Waals surface area contributed by atoms with Crippen molar-refractivity contribution in [2.75, 3.05) is 0 Å². The number of carbonyl (C=O) groups is 2. The van der Waals surface area contributed by atoms with E-state index in [1.165, 1.54) is 12.8 Å². The molecule has 0 bridgehead atoms. The number of hydrogen-bond acceptors (Lipinski definition) is 7. The van der Waals surface area contributed by atoms with Crippen LogP contribution in [0, 0.1) is 26.7 Å². The van der Waals surface area contributed by atoms with Crippen LogP contribution in [-0.2, 0) is 16.0 Å². The first-order valence-corrected chi connectivity index (χ1v) is 14.4. The molecule has 0 radical (unpaired) electrons. The van der Waals surface area contributed by atoms with Gasteiger partial charge in [0.25, 0.3) is 0 Å². The van der Waals surface area contributed by atoms with Crippen molar-refractivity contribution >= 4 is 11.9 Å². The highest BCUT2D eigenvalue weighted by Crippen LogP contribution is 2.43. The van der Waals surface area contributed by atoms with Crippen LogP contribution in [0.5, 0.6) is 11.5 Å². The summed E-state index contributed by atoms with van der Waals surface area (Å²) in [7, 11) is 0. The number of benzene rings is 1. The van der Waals surface area contributed by atoms with Gasteiger partial charge < -0.3 is 26.0 Å². The Kier molecular flexibility index (Phi) is 12.5. The maximum atomic E-state index is 12.2. The summed E-state index contributed by atoms with van der Waals surface area (Å²) in [5.74, 6) is 0.430. The van der Waals surface area contributed by atoms with Crippen molar-refractivity contribution in [1.29, 1.82) is 0 Å². The fourth-order valence-corrected chi connectivity index (χ4v) is 5.27. The molecule has 1 aromatic rings. The van der Waals surface area contributed by atoms with Gasteiger partial charge in [0.05, 0.1) is 12.8 Å². The Labute approximate surface area is 229 Å². The summed E-state index contributed by atoms with van der Waals surface area (Å²) in [5, 5.41) is 8.83. The first kappa shape index (κ1) is 32.1. The van der Waals surface area contributed by atoms with Crippen molar-refractivity contribution in [3.05, 3.63) is 22.3 Å². The number of ether oxygens (including phenoxy) is 2. The van der Waals surface area contributed by atoms with Gasteiger partial charge in [-0.05, 0) is 81.9 Å². The number of nitrogens with two attached hydrogens (primary N) is 3. The normalized spacial score (nSPS) is 18.6. The summed E-state index contributed by atoms with van der Waals surface area (Å²) in [6.45, 7) is 10.2. The third kappa shape index (κ3) is 9.86. The van der Waals surface area contributed by atoms with Crippen LogP contribution < -0.4 is 26.7 Å². The van der Waals surface area contributed by atoms with E-state index in [-0.39, 0.29) is 24.9 Å². The zero-order valence-corrected chi connectivity index (χ0v) is 24.2. The Bertz CT molecular complexity index is 949. The largest absolute Gasteiger partial charge is 0.481 e. The molecule has 0 saturated heterocycles. The van der Waals surface area contributed by atoms with E-state index in [4.69, 9.17) is 31.8 Å². The Morgan fingerprint density at radius 1 is 0.921 bits per heavy atom. The van der Waals surface area contributed by atoms with Crippen LogP contribution in [0.2, 0.25) is 0 Å². The van der Waals surface area contributed by atoms with Crippen molar-refractivity contribution in [2.45, 2.75) is 136 Å². The van der Waals surface area contributed by atoms with Crippen LogP contribution in [-0.4, -0.2) is 34.9 Å². The minimum Gasteiger partial charge on any atom is -0.481 e. The van der Waals surface area contributed by atoms with Gasteiger partial charge in [0.1, 0.15) is 11.5 Å². The van der Waals surface area contributed by atoms with Crippen LogP contribution in [0.4, 0.5) is 0 Å². The molecule has 0 unspecified atom stereocenters. The number of carboxylic acid groups (broad SMARTS) is 1. The Balaban J connectivity index is 1.87. The highest BCUT2D eigenvalue weighted by Gasteiger charge is 2.35. The van der Waals surface area contributed by atoms with E-state index in [2.05, 4.69) is 13.8 Å². The predicted octanol–water partition coefficient (Wildman–Crippen LogP) is 5.18. The molecule has 1 aliphatic heterocycles. The van der Waals surface area contributed by atoms with Gasteiger partial charge in [-0.1, -0.05) is 33.1 Å². The van der Waals surface area contributed by atoms with Gasteiger partial charge in [-0.25, -0.2) is 0 Å². The minimum absolute atomic E-state index is 0.141. The molecule has 1 aliphatic rings. The number of rotatable bonds is 16. The Morgan fingerprint density at radius 2 is 1.50 bits per heavy atom. The van der Waals surface area contributed by atoms with Crippen LogP contribution >= 0.6 is 0 Å². The van der Waals surface area contributed by atoms with Crippen LogP contribution in [0.15, 0.2) is 0 Å². The van der Waals surface area contributed by atoms with E-state index in [1.54, 1.807) is 0 Å². The van der Waals surface area contributed by atoms with E-state index in [0.29, 0.717) is 12.2 Å². The molecule has 0 amide bonds. The summed E-state index contributed by atoms with van der Waals surface area (Å²) in [5.41, 5.74) is 22.2. The van der Waals surface area contributed by atoms with Gasteiger partial charge in [0.2, 0.25) is 0 Å². The smallest absolute Gasteiger partial charge is 0.311 e. The molecule has 0 aromatic heterocycles. The third-order valence-corrected chi connectivity index (χ3v) is 7.85. The minimum atomic E-state index is -1.03. The lowest BCUT2D eigenvalue weighted by atomic mass is 9.88. The van der Waals surface area contributed by atoms with E-state index >= 15 is 0 Å². The van der Waals surface area contributed by atoms with Crippen molar-refractivity contribution in [1.82, 2.24) is 0 Å². The maximum absolute atomic E-state index is 12.2. The van der Waals surface area contributed by atoms with E-state index in [1.807, 2.05) is 20.8 Å². The van der Waals surface area contributed by atoms with Gasteiger partial charge in [-0.15, -0.1) is 0 Å². The van der Waals surface area contributed by atoms with Crippen molar-refractivity contribution in [2.24, 2.45) is 23.1 Å². The van der Waals surface area contributed by atoms with Gasteiger partial charge in [-0.3, -0.25) is 15.3 Å². The zero-order chi connectivity index (χ0) is 28.5. The highest BCUT2D eigenvalue weighted by molar-refractivity contribution is 5.79. The number of fused-ring (bicyclic) bond motifs is 1. The highest BCUT2D eigenvalue weighted by atomic mass is 16.5. The third-order valence-electron chi connectivity index (χ3n) is 7.85. The Morgan fingerprint density at radius 3 is 2.08 bits per heavy atom. The molecule has 8 heteroatoms. The molecular formula is C30H51N3O5. The molecule has 7 N–H and O–H groups in total. The lowest BCUT2D eigenvalue weighted by molar-refractivity contribution is -0.142. The second kappa shape index (κ2) is 14.8. The van der Waals surface area contributed by atoms with Crippen molar-refractivity contribution in [3.63, 3.8) is 0 Å². The molecule has 216 valence electrons. The van der Waals surface area contributed by atoms with Gasteiger partial charge in [0, 0.05) is 30.5 Å². The van der Waals surface area contributed by atoms with Crippen LogP contribution in [0.1, 0.15) is 113 Å². The standard InChI is InChI=1S/C30H51N3O5/c1-19(2)9-6-10-23(31)11-7-12-24(32)13-8-17-30(33)18-16-25-22(5)28(20(3)21(4)29(25)38-30)37-27(36)15-14-26(34)35/h19,23-24H,6-18,31-33H2,1-5H3,(H,34,35)/t23-,24-,30-/m1/s1. The molecule has 1 aromatic carbocycles. The number of esters is 1. The van der Waals surface area contributed by atoms with Crippen molar-refractivity contribution < 1.29 is 24.2 Å². The first-order chi connectivity index (χ1) is 17.8. The summed E-state index contributed by atoms with van der Waals surface area (Å²) in [6.07, 6.45) is 10.1. The number of hydrogen-bond donors (Lipinski definition) is 4.